The van der Waals surface area contributed by atoms with Crippen molar-refractivity contribution in [1.29, 1.82) is 5.26 Å². The lowest BCUT2D eigenvalue weighted by molar-refractivity contribution is -0.136. The molecule has 8 heteroatoms. The summed E-state index contributed by atoms with van der Waals surface area (Å²) in [6.07, 6.45) is 2.46. The molecule has 0 saturated carbocycles. The summed E-state index contributed by atoms with van der Waals surface area (Å²) in [5.74, 6) is 0.291. The van der Waals surface area contributed by atoms with Gasteiger partial charge in [0.05, 0.1) is 40.6 Å². The molecule has 5 aromatic rings. The van der Waals surface area contributed by atoms with Crippen molar-refractivity contribution < 1.29 is 9.53 Å². The first-order valence-corrected chi connectivity index (χ1v) is 15.6. The number of thioether (sulfide) groups is 1. The molecule has 1 aromatic heterocycles. The zero-order chi connectivity index (χ0) is 29.9. The van der Waals surface area contributed by atoms with Gasteiger partial charge in [0, 0.05) is 10.6 Å². The van der Waals surface area contributed by atoms with Crippen LogP contribution in [-0.2, 0) is 15.3 Å². The topological polar surface area (TPSA) is 84.5 Å². The van der Waals surface area contributed by atoms with Crippen LogP contribution >= 0.6 is 23.1 Å². The van der Waals surface area contributed by atoms with Crippen molar-refractivity contribution in [2.75, 3.05) is 7.11 Å². The van der Waals surface area contributed by atoms with E-state index in [9.17, 15) is 9.59 Å². The van der Waals surface area contributed by atoms with Gasteiger partial charge < -0.3 is 4.74 Å². The number of benzene rings is 4. The fourth-order valence-electron chi connectivity index (χ4n) is 5.34. The van der Waals surface area contributed by atoms with E-state index in [1.165, 1.54) is 18.4 Å². The molecule has 0 spiro atoms. The molecule has 1 atom stereocenters. The molecule has 0 N–H and O–H groups in total. The fraction of sp³-hybridized carbons (Fsp3) is 0.143. The van der Waals surface area contributed by atoms with Gasteiger partial charge in [-0.05, 0) is 58.2 Å². The van der Waals surface area contributed by atoms with E-state index in [-0.39, 0.29) is 5.56 Å². The Morgan fingerprint density at radius 2 is 1.74 bits per heavy atom. The molecule has 0 fully saturated rings. The average Bonchev–Trinajstić information content (AvgIpc) is 3.37. The summed E-state index contributed by atoms with van der Waals surface area (Å²) in [5, 5.41) is 11.2. The fourth-order valence-corrected chi connectivity index (χ4v) is 7.36. The monoisotopic (exact) mass is 601 g/mol. The van der Waals surface area contributed by atoms with Gasteiger partial charge >= 0.3 is 5.97 Å². The number of hydrogen-bond acceptors (Lipinski definition) is 7. The zero-order valence-corrected chi connectivity index (χ0v) is 25.2. The Bertz CT molecular complexity index is 2100. The molecule has 0 bridgehead atoms. The van der Waals surface area contributed by atoms with Crippen LogP contribution in [0.1, 0.15) is 41.6 Å². The number of allylic oxidation sites excluding steroid dienone is 1. The lowest BCUT2D eigenvalue weighted by atomic mass is 9.95. The van der Waals surface area contributed by atoms with Gasteiger partial charge in [-0.3, -0.25) is 9.36 Å². The number of methoxy groups -OCH3 is 1. The summed E-state index contributed by atoms with van der Waals surface area (Å²) >= 11 is 3.07. The van der Waals surface area contributed by atoms with Crippen molar-refractivity contribution in [2.45, 2.75) is 30.0 Å². The van der Waals surface area contributed by atoms with E-state index in [4.69, 9.17) is 15.0 Å². The van der Waals surface area contributed by atoms with E-state index < -0.39 is 12.0 Å². The summed E-state index contributed by atoms with van der Waals surface area (Å²) in [6, 6.07) is 31.1. The molecule has 43 heavy (non-hydrogen) atoms. The molecule has 212 valence electrons. The van der Waals surface area contributed by atoms with Crippen LogP contribution in [0.25, 0.3) is 16.8 Å². The van der Waals surface area contributed by atoms with Crippen LogP contribution in [0.5, 0.6) is 0 Å². The minimum atomic E-state index is -0.625. The van der Waals surface area contributed by atoms with Crippen molar-refractivity contribution in [1.82, 2.24) is 4.57 Å². The minimum Gasteiger partial charge on any atom is -0.466 e. The predicted octanol–water partition coefficient (Wildman–Crippen LogP) is 6.12. The Kier molecular flexibility index (Phi) is 8.10. The summed E-state index contributed by atoms with van der Waals surface area (Å²) in [7, 11) is 1.35. The largest absolute Gasteiger partial charge is 0.466 e. The van der Waals surface area contributed by atoms with Crippen molar-refractivity contribution >= 4 is 45.9 Å². The smallest absolute Gasteiger partial charge is 0.338 e. The SMILES string of the molecule is CCC1=C(C(=O)OC)[C@H](c2ccccc2)n2c(s/c(=C\c3ccc(SCc4ccc(C#N)cc4)c4ccccc34)c2=O)=N1. The van der Waals surface area contributed by atoms with Crippen LogP contribution in [0.2, 0.25) is 0 Å². The predicted molar refractivity (Wildman–Crippen MR) is 172 cm³/mol. The third-order valence-corrected chi connectivity index (χ3v) is 9.57. The van der Waals surface area contributed by atoms with E-state index in [0.29, 0.717) is 32.6 Å². The number of nitrogens with zero attached hydrogens (tertiary/aromatic N) is 3. The van der Waals surface area contributed by atoms with Gasteiger partial charge in [0.15, 0.2) is 4.80 Å². The van der Waals surface area contributed by atoms with Crippen molar-refractivity contribution in [3.63, 3.8) is 0 Å². The second kappa shape index (κ2) is 12.3. The van der Waals surface area contributed by atoms with Gasteiger partial charge in [0.25, 0.3) is 5.56 Å². The maximum atomic E-state index is 14.0. The van der Waals surface area contributed by atoms with Gasteiger partial charge in [0.1, 0.15) is 0 Å². The number of esters is 1. The second-order valence-electron chi connectivity index (χ2n) is 9.99. The molecule has 0 saturated heterocycles. The zero-order valence-electron chi connectivity index (χ0n) is 23.6. The molecule has 0 unspecified atom stereocenters. The van der Waals surface area contributed by atoms with E-state index in [2.05, 4.69) is 24.3 Å². The first kappa shape index (κ1) is 28.4. The summed E-state index contributed by atoms with van der Waals surface area (Å²) in [4.78, 5) is 33.5. The number of thiazole rings is 1. The number of aromatic nitrogens is 1. The van der Waals surface area contributed by atoms with Gasteiger partial charge in [0.2, 0.25) is 0 Å². The molecular formula is C35H27N3O3S2. The summed E-state index contributed by atoms with van der Waals surface area (Å²) in [6.45, 7) is 1.95. The van der Waals surface area contributed by atoms with Crippen LogP contribution in [0.15, 0.2) is 117 Å². The maximum absolute atomic E-state index is 14.0. The molecule has 0 radical (unpaired) electrons. The lowest BCUT2D eigenvalue weighted by Gasteiger charge is -2.25. The Balaban J connectivity index is 1.44. The van der Waals surface area contributed by atoms with Gasteiger partial charge in [-0.25, -0.2) is 9.79 Å². The lowest BCUT2D eigenvalue weighted by Crippen LogP contribution is -2.40. The molecule has 0 amide bonds. The first-order chi connectivity index (χ1) is 21.0. The second-order valence-corrected chi connectivity index (χ2v) is 12.0. The highest BCUT2D eigenvalue weighted by Crippen LogP contribution is 2.34. The number of rotatable bonds is 7. The first-order valence-electron chi connectivity index (χ1n) is 13.8. The molecular weight excluding hydrogens is 575 g/mol. The van der Waals surface area contributed by atoms with E-state index >= 15 is 0 Å². The third kappa shape index (κ3) is 5.45. The third-order valence-electron chi connectivity index (χ3n) is 7.45. The number of carbonyl (C=O) groups excluding carboxylic acids is 1. The molecule has 6 nitrogen and oxygen atoms in total. The van der Waals surface area contributed by atoms with Gasteiger partial charge in [-0.2, -0.15) is 5.26 Å². The number of carbonyl (C=O) groups is 1. The van der Waals surface area contributed by atoms with E-state index in [1.807, 2.05) is 85.8 Å². The Labute approximate surface area is 256 Å². The normalized spacial score (nSPS) is 14.7. The van der Waals surface area contributed by atoms with Crippen LogP contribution in [0, 0.1) is 11.3 Å². The number of nitriles is 1. The van der Waals surface area contributed by atoms with Crippen LogP contribution < -0.4 is 14.9 Å². The van der Waals surface area contributed by atoms with Crippen molar-refractivity contribution in [2.24, 2.45) is 4.99 Å². The maximum Gasteiger partial charge on any atom is 0.338 e. The van der Waals surface area contributed by atoms with E-state index in [1.54, 1.807) is 16.3 Å². The number of hydrogen-bond donors (Lipinski definition) is 0. The number of fused-ring (bicyclic) bond motifs is 2. The molecule has 0 aliphatic carbocycles. The Morgan fingerprint density at radius 1 is 1.02 bits per heavy atom. The molecule has 1 aliphatic rings. The Morgan fingerprint density at radius 3 is 2.44 bits per heavy atom. The molecule has 1 aliphatic heterocycles. The number of ether oxygens (including phenoxy) is 1. The highest BCUT2D eigenvalue weighted by Gasteiger charge is 2.33. The molecule has 2 heterocycles. The van der Waals surface area contributed by atoms with Crippen LogP contribution in [0.3, 0.4) is 0 Å². The van der Waals surface area contributed by atoms with Crippen molar-refractivity contribution in [3.8, 4) is 6.07 Å². The van der Waals surface area contributed by atoms with Gasteiger partial charge in [-0.1, -0.05) is 91.1 Å². The Hall–Kier alpha value is -4.71. The standard InChI is InChI=1S/C35H27N3O3S2/c1-3-28-31(34(40)41-2)32(24-9-5-4-6-10-24)38-33(39)30(43-35(38)37-28)19-25-17-18-29(27-12-8-7-11-26(25)27)42-21-23-15-13-22(20-36)14-16-23/h4-19,32H,3,21H2,1-2H3/b30-19-/t32-/m0/s1. The van der Waals surface area contributed by atoms with Crippen LogP contribution in [-0.4, -0.2) is 17.6 Å². The van der Waals surface area contributed by atoms with Crippen molar-refractivity contribution in [3.05, 3.63) is 144 Å². The minimum absolute atomic E-state index is 0.197. The van der Waals surface area contributed by atoms with Gasteiger partial charge in [-0.15, -0.1) is 11.8 Å². The highest BCUT2D eigenvalue weighted by molar-refractivity contribution is 7.98. The van der Waals surface area contributed by atoms with E-state index in [0.717, 1.165) is 38.1 Å². The molecule has 4 aromatic carbocycles. The highest BCUT2D eigenvalue weighted by atomic mass is 32.2. The summed E-state index contributed by atoms with van der Waals surface area (Å²) in [5.41, 5.74) is 4.37. The quantitative estimate of drug-likeness (QED) is 0.166. The molecule has 6 rings (SSSR count). The summed E-state index contributed by atoms with van der Waals surface area (Å²) < 4.78 is 7.33. The average molecular weight is 602 g/mol. The van der Waals surface area contributed by atoms with Crippen LogP contribution in [0.4, 0.5) is 0 Å².